The number of β-lactam (4-membered cyclic amide) rings is 1. The summed E-state index contributed by atoms with van der Waals surface area (Å²) >= 11 is 0. The molecule has 0 aromatic heterocycles. The summed E-state index contributed by atoms with van der Waals surface area (Å²) < 4.78 is 45.2. The lowest BCUT2D eigenvalue weighted by Crippen LogP contribution is -2.67. The second kappa shape index (κ2) is 7.72. The number of alkyl halides is 3. The van der Waals surface area contributed by atoms with Gasteiger partial charge in [-0.1, -0.05) is 30.3 Å². The molecule has 5 rings (SSSR count). The van der Waals surface area contributed by atoms with E-state index in [1.807, 2.05) is 0 Å². The Hall–Kier alpha value is -4.14. The van der Waals surface area contributed by atoms with Gasteiger partial charge in [-0.05, 0) is 48.0 Å². The molecule has 1 fully saturated rings. The number of anilines is 1. The van der Waals surface area contributed by atoms with E-state index in [0.29, 0.717) is 11.3 Å². The number of hydrogen-bond donors (Lipinski definition) is 0. The van der Waals surface area contributed by atoms with Crippen molar-refractivity contribution in [1.82, 2.24) is 4.90 Å². The Morgan fingerprint density at radius 3 is 2.03 bits per heavy atom. The van der Waals surface area contributed by atoms with Crippen molar-refractivity contribution in [3.63, 3.8) is 0 Å². The Morgan fingerprint density at radius 1 is 0.765 bits per heavy atom. The van der Waals surface area contributed by atoms with Crippen LogP contribution in [0.2, 0.25) is 0 Å². The molecule has 1 saturated heterocycles. The Balaban J connectivity index is 1.60. The molecule has 2 aliphatic heterocycles. The van der Waals surface area contributed by atoms with Crippen LogP contribution in [0.4, 0.5) is 18.9 Å². The number of fused-ring (bicyclic) bond motifs is 1. The molecule has 3 aromatic carbocycles. The molecule has 0 bridgehead atoms. The van der Waals surface area contributed by atoms with Crippen LogP contribution < -0.4 is 9.64 Å². The number of amides is 3. The number of nitrogens with zero attached hydrogens (tertiary/aromatic N) is 2. The normalized spacial score (nSPS) is 19.8. The third kappa shape index (κ3) is 3.23. The van der Waals surface area contributed by atoms with Crippen LogP contribution in [0.5, 0.6) is 5.75 Å². The number of methoxy groups -OCH3 is 1. The summed E-state index contributed by atoms with van der Waals surface area (Å²) in [5, 5.41) is 0. The average molecular weight is 466 g/mol. The molecule has 9 heteroatoms. The molecule has 0 radical (unpaired) electrons. The van der Waals surface area contributed by atoms with E-state index in [-0.39, 0.29) is 16.8 Å². The molecule has 2 aliphatic rings. The number of halogens is 3. The number of benzene rings is 3. The fraction of sp³-hybridized carbons (Fsp3) is 0.160. The molecule has 34 heavy (non-hydrogen) atoms. The van der Waals surface area contributed by atoms with Gasteiger partial charge in [0, 0.05) is 5.69 Å². The quantitative estimate of drug-likeness (QED) is 0.421. The molecule has 2 atom stereocenters. The summed E-state index contributed by atoms with van der Waals surface area (Å²) in [6, 6.07) is 15.2. The second-order valence-corrected chi connectivity index (χ2v) is 7.95. The minimum absolute atomic E-state index is 0.0144. The van der Waals surface area contributed by atoms with Crippen LogP contribution in [-0.2, 0) is 11.0 Å². The minimum atomic E-state index is -4.60. The maximum Gasteiger partial charge on any atom is 0.416 e. The second-order valence-electron chi connectivity index (χ2n) is 7.95. The van der Waals surface area contributed by atoms with E-state index in [1.165, 1.54) is 36.3 Å². The van der Waals surface area contributed by atoms with E-state index in [4.69, 9.17) is 4.74 Å². The fourth-order valence-electron chi connectivity index (χ4n) is 4.46. The highest BCUT2D eigenvalue weighted by atomic mass is 19.4. The van der Waals surface area contributed by atoms with Crippen molar-refractivity contribution in [2.45, 2.75) is 18.3 Å². The summed E-state index contributed by atoms with van der Waals surface area (Å²) in [4.78, 5) is 41.6. The van der Waals surface area contributed by atoms with E-state index >= 15 is 0 Å². The van der Waals surface area contributed by atoms with Crippen molar-refractivity contribution < 1.29 is 32.3 Å². The molecule has 0 unspecified atom stereocenters. The van der Waals surface area contributed by atoms with Crippen molar-refractivity contribution in [2.75, 3.05) is 12.0 Å². The largest absolute Gasteiger partial charge is 0.497 e. The van der Waals surface area contributed by atoms with Crippen LogP contribution in [0, 0.1) is 0 Å². The van der Waals surface area contributed by atoms with E-state index in [2.05, 4.69) is 0 Å². The third-order valence-electron chi connectivity index (χ3n) is 6.06. The first-order chi connectivity index (χ1) is 16.2. The van der Waals surface area contributed by atoms with Gasteiger partial charge >= 0.3 is 6.18 Å². The van der Waals surface area contributed by atoms with Gasteiger partial charge in [-0.15, -0.1) is 0 Å². The Morgan fingerprint density at radius 2 is 1.41 bits per heavy atom. The lowest BCUT2D eigenvalue weighted by atomic mass is 9.86. The molecular formula is C25H17F3N2O4. The lowest BCUT2D eigenvalue weighted by Gasteiger charge is -2.49. The van der Waals surface area contributed by atoms with Gasteiger partial charge in [0.05, 0.1) is 29.8 Å². The number of rotatable bonds is 4. The standard InChI is InChI=1S/C25H17F3N2O4/c1-34-17-9-4-6-14(12-17)20-21(30-22(31)18-10-2-3-11-19(18)23(30)32)24(33)29(20)16-8-5-7-15(13-16)25(26,27)28/h2-13,20-21H,1H3/t20-,21+/m0/s1. The zero-order valence-electron chi connectivity index (χ0n) is 17.7. The molecule has 3 aromatic rings. The highest BCUT2D eigenvalue weighted by molar-refractivity contribution is 6.24. The van der Waals surface area contributed by atoms with Crippen molar-refractivity contribution in [1.29, 1.82) is 0 Å². The van der Waals surface area contributed by atoms with Crippen LogP contribution in [0.3, 0.4) is 0 Å². The van der Waals surface area contributed by atoms with Gasteiger partial charge in [-0.3, -0.25) is 19.3 Å². The van der Waals surface area contributed by atoms with Crippen LogP contribution in [-0.4, -0.2) is 35.8 Å². The smallest absolute Gasteiger partial charge is 0.416 e. The van der Waals surface area contributed by atoms with Crippen LogP contribution >= 0.6 is 0 Å². The van der Waals surface area contributed by atoms with Gasteiger partial charge in [0.1, 0.15) is 11.8 Å². The molecule has 3 amide bonds. The molecule has 2 heterocycles. The molecular weight excluding hydrogens is 449 g/mol. The molecule has 0 saturated carbocycles. The maximum absolute atomic E-state index is 13.4. The van der Waals surface area contributed by atoms with Gasteiger partial charge in [-0.25, -0.2) is 0 Å². The van der Waals surface area contributed by atoms with Gasteiger partial charge in [0.25, 0.3) is 17.7 Å². The Bertz CT molecular complexity index is 1300. The minimum Gasteiger partial charge on any atom is -0.497 e. The molecule has 0 aliphatic carbocycles. The van der Waals surface area contributed by atoms with Crippen LogP contribution in [0.15, 0.2) is 72.8 Å². The van der Waals surface area contributed by atoms with Gasteiger partial charge in [-0.2, -0.15) is 13.2 Å². The first kappa shape index (κ1) is 21.7. The molecule has 0 spiro atoms. The van der Waals surface area contributed by atoms with E-state index in [1.54, 1.807) is 36.4 Å². The predicted molar refractivity (Wildman–Crippen MR) is 115 cm³/mol. The van der Waals surface area contributed by atoms with Gasteiger partial charge in [0.15, 0.2) is 0 Å². The number of carbonyl (C=O) groups excluding carboxylic acids is 3. The van der Waals surface area contributed by atoms with E-state index < -0.39 is 41.5 Å². The predicted octanol–water partition coefficient (Wildman–Crippen LogP) is 4.47. The van der Waals surface area contributed by atoms with Crippen molar-refractivity contribution in [2.24, 2.45) is 0 Å². The van der Waals surface area contributed by atoms with Crippen molar-refractivity contribution in [3.05, 3.63) is 95.1 Å². The monoisotopic (exact) mass is 466 g/mol. The third-order valence-corrected chi connectivity index (χ3v) is 6.06. The van der Waals surface area contributed by atoms with Crippen LogP contribution in [0.25, 0.3) is 0 Å². The summed E-state index contributed by atoms with van der Waals surface area (Å²) in [7, 11) is 1.46. The number of ether oxygens (including phenoxy) is 1. The first-order valence-electron chi connectivity index (χ1n) is 10.3. The zero-order chi connectivity index (χ0) is 24.2. The highest BCUT2D eigenvalue weighted by Gasteiger charge is 2.57. The first-order valence-corrected chi connectivity index (χ1v) is 10.3. The van der Waals surface area contributed by atoms with Gasteiger partial charge < -0.3 is 9.64 Å². The van der Waals surface area contributed by atoms with E-state index in [9.17, 15) is 27.6 Å². The molecule has 0 N–H and O–H groups in total. The van der Waals surface area contributed by atoms with Gasteiger partial charge in [0.2, 0.25) is 0 Å². The maximum atomic E-state index is 13.4. The summed E-state index contributed by atoms with van der Waals surface area (Å²) in [6.45, 7) is 0. The topological polar surface area (TPSA) is 66.9 Å². The summed E-state index contributed by atoms with van der Waals surface area (Å²) in [5.41, 5.74) is -0.0192. The fourth-order valence-corrected chi connectivity index (χ4v) is 4.46. The van der Waals surface area contributed by atoms with Crippen molar-refractivity contribution >= 4 is 23.4 Å². The molecule has 6 nitrogen and oxygen atoms in total. The Kier molecular flexibility index (Phi) is 4.93. The van der Waals surface area contributed by atoms with Crippen molar-refractivity contribution in [3.8, 4) is 5.75 Å². The number of imide groups is 1. The SMILES string of the molecule is COc1cccc([C@H]2[C@@H](N3C(=O)c4ccccc4C3=O)C(=O)N2c2cccc(C(F)(F)F)c2)c1. The average Bonchev–Trinajstić information content (AvgIpc) is 3.07. The Labute approximate surface area is 192 Å². The highest BCUT2D eigenvalue weighted by Crippen LogP contribution is 2.45. The lowest BCUT2D eigenvalue weighted by molar-refractivity contribution is -0.137. The number of hydrogen-bond acceptors (Lipinski definition) is 4. The summed E-state index contributed by atoms with van der Waals surface area (Å²) in [5.74, 6) is -1.42. The summed E-state index contributed by atoms with van der Waals surface area (Å²) in [6.07, 6.45) is -4.60. The molecule has 172 valence electrons. The zero-order valence-corrected chi connectivity index (χ0v) is 17.7. The van der Waals surface area contributed by atoms with E-state index in [0.717, 1.165) is 17.0 Å². The number of carbonyl (C=O) groups is 3. The van der Waals surface area contributed by atoms with Crippen LogP contribution in [0.1, 0.15) is 37.9 Å².